The summed E-state index contributed by atoms with van der Waals surface area (Å²) in [5, 5.41) is 3.96. The molecule has 0 spiro atoms. The summed E-state index contributed by atoms with van der Waals surface area (Å²) in [7, 11) is 4.11. The molecule has 3 aromatic carbocycles. The lowest BCUT2D eigenvalue weighted by molar-refractivity contribution is 0.0928. The number of hydrogen-bond donors (Lipinski definition) is 1. The van der Waals surface area contributed by atoms with Gasteiger partial charge < -0.3 is 10.2 Å². The van der Waals surface area contributed by atoms with Crippen molar-refractivity contribution in [1.29, 1.82) is 0 Å². The molecule has 4 aromatic rings. The topological polar surface area (TPSA) is 45.2 Å². The number of nitrogens with zero attached hydrogens (tertiary/aromatic N) is 2. The van der Waals surface area contributed by atoms with Gasteiger partial charge in [-0.3, -0.25) is 9.78 Å². The zero-order valence-corrected chi connectivity index (χ0v) is 22.6. The Morgan fingerprint density at radius 1 is 0.892 bits per heavy atom. The number of nitrogens with one attached hydrogen (secondary N) is 1. The zero-order valence-electron chi connectivity index (χ0n) is 21.8. The summed E-state index contributed by atoms with van der Waals surface area (Å²) in [6.45, 7) is 4.21. The molecule has 1 heterocycles. The highest BCUT2D eigenvalue weighted by Crippen LogP contribution is 2.34. The minimum atomic E-state index is -0.127. The second kappa shape index (κ2) is 10.4. The van der Waals surface area contributed by atoms with Crippen LogP contribution in [0.25, 0.3) is 22.3 Å². The maximum absolute atomic E-state index is 13.1. The molecular formula is C32H32ClN3O. The van der Waals surface area contributed by atoms with Crippen molar-refractivity contribution in [2.45, 2.75) is 39.2 Å². The first-order valence-electron chi connectivity index (χ1n) is 12.7. The van der Waals surface area contributed by atoms with Gasteiger partial charge in [0.2, 0.25) is 0 Å². The lowest BCUT2D eigenvalue weighted by Gasteiger charge is -2.29. The fourth-order valence-electron chi connectivity index (χ4n) is 5.29. The summed E-state index contributed by atoms with van der Waals surface area (Å²) in [5.41, 5.74) is 11.3. The fourth-order valence-corrected chi connectivity index (χ4v) is 5.52. The summed E-state index contributed by atoms with van der Waals surface area (Å²) < 4.78 is 0. The van der Waals surface area contributed by atoms with Gasteiger partial charge in [-0.25, -0.2) is 0 Å². The standard InChI is InChI=1S/C32H32ClN3O/c1-20-5-13-29(22-6-11-26(12-7-22)36(3)4)30-18-25(10-15-28(20)30)35-32(37)31-16-8-23(19-34-31)27-14-9-24(33)17-21(27)2/h5-9,11-14,16-17,19,25H,10,15,18H2,1-4H3,(H,35,37)/t25-/m0/s1. The molecule has 1 amide bonds. The molecule has 4 nitrogen and oxygen atoms in total. The van der Waals surface area contributed by atoms with Crippen LogP contribution in [-0.4, -0.2) is 31.0 Å². The molecule has 1 aliphatic carbocycles. The molecule has 188 valence electrons. The van der Waals surface area contributed by atoms with E-state index in [2.05, 4.69) is 72.6 Å². The maximum Gasteiger partial charge on any atom is 0.270 e. The molecule has 1 aliphatic rings. The van der Waals surface area contributed by atoms with Gasteiger partial charge in [0.15, 0.2) is 0 Å². The van der Waals surface area contributed by atoms with Crippen LogP contribution in [0.15, 0.2) is 72.9 Å². The molecule has 0 unspecified atom stereocenters. The molecule has 0 radical (unpaired) electrons. The van der Waals surface area contributed by atoms with Crippen LogP contribution in [0.1, 0.15) is 39.2 Å². The van der Waals surface area contributed by atoms with Crippen molar-refractivity contribution in [3.63, 3.8) is 0 Å². The van der Waals surface area contributed by atoms with Crippen LogP contribution in [0.3, 0.4) is 0 Å². The Bertz CT molecular complexity index is 1440. The highest BCUT2D eigenvalue weighted by atomic mass is 35.5. The van der Waals surface area contributed by atoms with Crippen molar-refractivity contribution < 1.29 is 4.79 Å². The average molecular weight is 510 g/mol. The number of halogens is 1. The van der Waals surface area contributed by atoms with Gasteiger partial charge in [0, 0.05) is 42.6 Å². The molecule has 1 atom stereocenters. The van der Waals surface area contributed by atoms with E-state index in [9.17, 15) is 4.79 Å². The molecular weight excluding hydrogens is 478 g/mol. The van der Waals surface area contributed by atoms with E-state index in [-0.39, 0.29) is 11.9 Å². The van der Waals surface area contributed by atoms with E-state index in [0.29, 0.717) is 10.7 Å². The number of aryl methyl sites for hydroxylation is 2. The number of hydrogen-bond acceptors (Lipinski definition) is 3. The van der Waals surface area contributed by atoms with E-state index in [1.807, 2.05) is 31.2 Å². The summed E-state index contributed by atoms with van der Waals surface area (Å²) in [6.07, 6.45) is 4.46. The molecule has 37 heavy (non-hydrogen) atoms. The first-order valence-corrected chi connectivity index (χ1v) is 13.1. The second-order valence-electron chi connectivity index (χ2n) is 10.1. The minimum absolute atomic E-state index is 0.0709. The Morgan fingerprint density at radius 2 is 1.62 bits per heavy atom. The fraction of sp³-hybridized carbons (Fsp3) is 0.250. The average Bonchev–Trinajstić information content (AvgIpc) is 2.89. The van der Waals surface area contributed by atoms with Crippen molar-refractivity contribution in [2.75, 3.05) is 19.0 Å². The molecule has 0 aliphatic heterocycles. The number of carbonyl (C=O) groups excluding carboxylic acids is 1. The summed E-state index contributed by atoms with van der Waals surface area (Å²) in [6, 6.07) is 22.8. The monoisotopic (exact) mass is 509 g/mol. The second-order valence-corrected chi connectivity index (χ2v) is 10.6. The van der Waals surface area contributed by atoms with E-state index in [4.69, 9.17) is 11.6 Å². The highest BCUT2D eigenvalue weighted by Gasteiger charge is 2.25. The minimum Gasteiger partial charge on any atom is -0.378 e. The van der Waals surface area contributed by atoms with Crippen molar-refractivity contribution in [3.05, 3.63) is 106 Å². The molecule has 0 saturated carbocycles. The SMILES string of the molecule is Cc1cc(Cl)ccc1-c1ccc(C(=O)N[C@H]2CCc3c(C)ccc(-c4ccc(N(C)C)cc4)c3C2)nc1. The van der Waals surface area contributed by atoms with Gasteiger partial charge in [0.25, 0.3) is 5.91 Å². The Hall–Kier alpha value is -3.63. The predicted molar refractivity (Wildman–Crippen MR) is 154 cm³/mol. The molecule has 1 N–H and O–H groups in total. The highest BCUT2D eigenvalue weighted by molar-refractivity contribution is 6.30. The summed E-state index contributed by atoms with van der Waals surface area (Å²) in [5.74, 6) is -0.127. The van der Waals surface area contributed by atoms with Gasteiger partial charge in [-0.15, -0.1) is 0 Å². The van der Waals surface area contributed by atoms with Gasteiger partial charge in [-0.2, -0.15) is 0 Å². The maximum atomic E-state index is 13.1. The smallest absolute Gasteiger partial charge is 0.270 e. The van der Waals surface area contributed by atoms with E-state index < -0.39 is 0 Å². The Kier molecular flexibility index (Phi) is 7.03. The quantitative estimate of drug-likeness (QED) is 0.314. The molecule has 5 heteroatoms. The molecule has 1 aromatic heterocycles. The van der Waals surface area contributed by atoms with Crippen LogP contribution in [0.5, 0.6) is 0 Å². The van der Waals surface area contributed by atoms with Crippen molar-refractivity contribution in [2.24, 2.45) is 0 Å². The van der Waals surface area contributed by atoms with E-state index in [0.717, 1.165) is 36.0 Å². The van der Waals surface area contributed by atoms with Crippen LogP contribution in [0.2, 0.25) is 5.02 Å². The Morgan fingerprint density at radius 3 is 2.30 bits per heavy atom. The largest absolute Gasteiger partial charge is 0.378 e. The van der Waals surface area contributed by atoms with Gasteiger partial charge in [0.05, 0.1) is 0 Å². The number of carbonyl (C=O) groups is 1. The van der Waals surface area contributed by atoms with Crippen molar-refractivity contribution >= 4 is 23.2 Å². The molecule has 5 rings (SSSR count). The van der Waals surface area contributed by atoms with Gasteiger partial charge >= 0.3 is 0 Å². The predicted octanol–water partition coefficient (Wildman–Crippen LogP) is 7.04. The third kappa shape index (κ3) is 5.26. The Labute approximate surface area is 224 Å². The Balaban J connectivity index is 1.34. The van der Waals surface area contributed by atoms with Crippen LogP contribution >= 0.6 is 11.6 Å². The first kappa shape index (κ1) is 25.0. The van der Waals surface area contributed by atoms with E-state index in [1.54, 1.807) is 12.3 Å². The number of amides is 1. The van der Waals surface area contributed by atoms with Crippen LogP contribution < -0.4 is 10.2 Å². The van der Waals surface area contributed by atoms with Crippen molar-refractivity contribution in [1.82, 2.24) is 10.3 Å². The number of fused-ring (bicyclic) bond motifs is 1. The number of benzene rings is 3. The zero-order chi connectivity index (χ0) is 26.1. The van der Waals surface area contributed by atoms with Gasteiger partial charge in [-0.1, -0.05) is 48.0 Å². The van der Waals surface area contributed by atoms with Crippen LogP contribution in [0, 0.1) is 13.8 Å². The number of aromatic nitrogens is 1. The summed E-state index contributed by atoms with van der Waals surface area (Å²) in [4.78, 5) is 19.7. The number of pyridine rings is 1. The lowest BCUT2D eigenvalue weighted by Crippen LogP contribution is -2.39. The third-order valence-corrected chi connectivity index (χ3v) is 7.62. The van der Waals surface area contributed by atoms with E-state index in [1.165, 1.54) is 33.5 Å². The van der Waals surface area contributed by atoms with Crippen LogP contribution in [-0.2, 0) is 12.8 Å². The first-order chi connectivity index (χ1) is 17.8. The van der Waals surface area contributed by atoms with E-state index >= 15 is 0 Å². The lowest BCUT2D eigenvalue weighted by atomic mass is 9.81. The molecule has 0 saturated heterocycles. The summed E-state index contributed by atoms with van der Waals surface area (Å²) >= 11 is 6.10. The van der Waals surface area contributed by atoms with Crippen LogP contribution in [0.4, 0.5) is 5.69 Å². The number of rotatable bonds is 5. The molecule has 0 bridgehead atoms. The van der Waals surface area contributed by atoms with Gasteiger partial charge in [-0.05, 0) is 102 Å². The molecule has 0 fully saturated rings. The number of anilines is 1. The van der Waals surface area contributed by atoms with Gasteiger partial charge in [0.1, 0.15) is 5.69 Å². The van der Waals surface area contributed by atoms with Crippen molar-refractivity contribution in [3.8, 4) is 22.3 Å². The normalized spacial score (nSPS) is 14.7. The third-order valence-electron chi connectivity index (χ3n) is 7.38.